The molecule has 0 N–H and O–H groups in total. The number of aromatic nitrogens is 1. The molecule has 1 aliphatic carbocycles. The zero-order chi connectivity index (χ0) is 15.2. The van der Waals surface area contributed by atoms with Crippen molar-refractivity contribution in [1.82, 2.24) is 4.57 Å². The maximum atomic E-state index is 12.2. The van der Waals surface area contributed by atoms with Crippen LogP contribution < -0.4 is 10.3 Å². The van der Waals surface area contributed by atoms with Gasteiger partial charge < -0.3 is 9.47 Å². The fourth-order valence-corrected chi connectivity index (χ4v) is 2.62. The highest BCUT2D eigenvalue weighted by molar-refractivity contribution is 5.74. The van der Waals surface area contributed by atoms with Crippen LogP contribution in [-0.4, -0.2) is 23.2 Å². The lowest BCUT2D eigenvalue weighted by atomic mass is 9.98. The molecule has 0 radical (unpaired) electrons. The van der Waals surface area contributed by atoms with Crippen molar-refractivity contribution in [2.75, 3.05) is 6.61 Å². The van der Waals surface area contributed by atoms with Crippen molar-refractivity contribution in [1.29, 1.82) is 0 Å². The lowest BCUT2D eigenvalue weighted by Gasteiger charge is -2.24. The Bertz CT molecular complexity index is 531. The van der Waals surface area contributed by atoms with Crippen LogP contribution in [0.15, 0.2) is 23.1 Å². The van der Waals surface area contributed by atoms with Crippen LogP contribution in [0.25, 0.3) is 0 Å². The predicted molar refractivity (Wildman–Crippen MR) is 79.5 cm³/mol. The van der Waals surface area contributed by atoms with Gasteiger partial charge in [0.15, 0.2) is 5.75 Å². The first-order chi connectivity index (χ1) is 10.1. The third kappa shape index (κ3) is 3.86. The monoisotopic (exact) mass is 293 g/mol. The molecule has 5 heteroatoms. The minimum Gasteiger partial charge on any atom is -0.488 e. The zero-order valence-electron chi connectivity index (χ0n) is 12.7. The smallest absolute Gasteiger partial charge is 0.329 e. The summed E-state index contributed by atoms with van der Waals surface area (Å²) in [6, 6.07) is 2.68. The Morgan fingerprint density at radius 1 is 1.38 bits per heavy atom. The molecule has 0 saturated heterocycles. The van der Waals surface area contributed by atoms with Gasteiger partial charge in [0.1, 0.15) is 12.1 Å². The van der Waals surface area contributed by atoms with E-state index in [0.717, 1.165) is 25.7 Å². The summed E-state index contributed by atoms with van der Waals surface area (Å²) in [4.78, 5) is 24.4. The molecule has 1 fully saturated rings. The van der Waals surface area contributed by atoms with E-state index in [2.05, 4.69) is 0 Å². The molecule has 1 unspecified atom stereocenters. The summed E-state index contributed by atoms with van der Waals surface area (Å²) in [5.41, 5.74) is -0.299. The van der Waals surface area contributed by atoms with E-state index in [9.17, 15) is 9.59 Å². The van der Waals surface area contributed by atoms with Gasteiger partial charge in [-0.2, -0.15) is 0 Å². The summed E-state index contributed by atoms with van der Waals surface area (Å²) in [5, 5.41) is 0. The molecule has 116 valence electrons. The molecule has 1 aliphatic rings. The van der Waals surface area contributed by atoms with E-state index < -0.39 is 6.04 Å². The van der Waals surface area contributed by atoms with Crippen LogP contribution in [0.1, 0.15) is 52.0 Å². The lowest BCUT2D eigenvalue weighted by Crippen LogP contribution is -2.32. The number of esters is 1. The fraction of sp³-hybridized carbons (Fsp3) is 0.625. The van der Waals surface area contributed by atoms with Crippen molar-refractivity contribution in [3.05, 3.63) is 28.7 Å². The topological polar surface area (TPSA) is 57.5 Å². The largest absolute Gasteiger partial charge is 0.488 e. The third-order valence-electron chi connectivity index (χ3n) is 3.83. The Morgan fingerprint density at radius 3 is 2.76 bits per heavy atom. The number of nitrogens with zero attached hydrogens (tertiary/aromatic N) is 1. The molecule has 0 aromatic carbocycles. The van der Waals surface area contributed by atoms with Gasteiger partial charge in [0.05, 0.1) is 6.61 Å². The summed E-state index contributed by atoms with van der Waals surface area (Å²) < 4.78 is 12.2. The molecule has 21 heavy (non-hydrogen) atoms. The van der Waals surface area contributed by atoms with Crippen LogP contribution in [-0.2, 0) is 9.53 Å². The maximum absolute atomic E-state index is 12.2. The van der Waals surface area contributed by atoms with E-state index in [1.807, 2.05) is 6.92 Å². The molecule has 0 amide bonds. The summed E-state index contributed by atoms with van der Waals surface area (Å²) >= 11 is 0. The van der Waals surface area contributed by atoms with Gasteiger partial charge in [-0.05, 0) is 51.7 Å². The quantitative estimate of drug-likeness (QED) is 0.783. The van der Waals surface area contributed by atoms with Gasteiger partial charge in [0.25, 0.3) is 5.56 Å². The van der Waals surface area contributed by atoms with Gasteiger partial charge in [-0.3, -0.25) is 9.36 Å². The van der Waals surface area contributed by atoms with Crippen molar-refractivity contribution in [2.24, 2.45) is 0 Å². The second kappa shape index (κ2) is 7.29. The van der Waals surface area contributed by atoms with Gasteiger partial charge >= 0.3 is 5.97 Å². The Labute approximate surface area is 124 Å². The first-order valence-corrected chi connectivity index (χ1v) is 7.68. The van der Waals surface area contributed by atoms with Crippen molar-refractivity contribution in [3.63, 3.8) is 0 Å². The van der Waals surface area contributed by atoms with Crippen molar-refractivity contribution in [2.45, 2.75) is 58.1 Å². The summed E-state index contributed by atoms with van der Waals surface area (Å²) in [7, 11) is 0. The number of ether oxygens (including phenoxy) is 2. The highest BCUT2D eigenvalue weighted by atomic mass is 16.5. The fourth-order valence-electron chi connectivity index (χ4n) is 2.62. The van der Waals surface area contributed by atoms with Crippen LogP contribution in [0.5, 0.6) is 5.75 Å². The highest BCUT2D eigenvalue weighted by Crippen LogP contribution is 2.22. The average molecular weight is 293 g/mol. The minimum absolute atomic E-state index is 0.000485. The first kappa shape index (κ1) is 15.6. The van der Waals surface area contributed by atoms with E-state index in [1.54, 1.807) is 25.3 Å². The van der Waals surface area contributed by atoms with Gasteiger partial charge in [0, 0.05) is 6.20 Å². The highest BCUT2D eigenvalue weighted by Gasteiger charge is 2.23. The number of hydrogen-bond donors (Lipinski definition) is 0. The lowest BCUT2D eigenvalue weighted by molar-refractivity contribution is -0.154. The number of rotatable bonds is 5. The van der Waals surface area contributed by atoms with Gasteiger partial charge in [-0.15, -0.1) is 0 Å². The SMILES string of the molecule is CCOc1cccn(C(C)C(=O)OC2CCCCC2)c1=O. The number of hydrogen-bond acceptors (Lipinski definition) is 4. The Kier molecular flexibility index (Phi) is 5.42. The number of pyridine rings is 1. The Morgan fingerprint density at radius 2 is 2.10 bits per heavy atom. The van der Waals surface area contributed by atoms with Gasteiger partial charge in [-0.1, -0.05) is 6.42 Å². The molecule has 1 aromatic heterocycles. The van der Waals surface area contributed by atoms with E-state index in [1.165, 1.54) is 11.0 Å². The second-order valence-electron chi connectivity index (χ2n) is 5.39. The van der Waals surface area contributed by atoms with Crippen molar-refractivity contribution >= 4 is 5.97 Å². The van der Waals surface area contributed by atoms with Crippen LogP contribution in [0.3, 0.4) is 0 Å². The Balaban J connectivity index is 2.08. The molecule has 0 aliphatic heterocycles. The molecule has 1 atom stereocenters. The number of carbonyl (C=O) groups excluding carboxylic acids is 1. The average Bonchev–Trinajstić information content (AvgIpc) is 2.50. The van der Waals surface area contributed by atoms with Crippen molar-refractivity contribution in [3.8, 4) is 5.75 Å². The molecule has 1 saturated carbocycles. The van der Waals surface area contributed by atoms with E-state index >= 15 is 0 Å². The summed E-state index contributed by atoms with van der Waals surface area (Å²) in [5.74, 6) is -0.0880. The second-order valence-corrected chi connectivity index (χ2v) is 5.39. The number of carbonyl (C=O) groups is 1. The van der Waals surface area contributed by atoms with Gasteiger partial charge in [0.2, 0.25) is 0 Å². The van der Waals surface area contributed by atoms with E-state index in [4.69, 9.17) is 9.47 Å². The standard InChI is InChI=1S/C16H23NO4/c1-3-20-14-10-7-11-17(15(14)18)12(2)16(19)21-13-8-5-4-6-9-13/h7,10-13H,3-6,8-9H2,1-2H3. The third-order valence-corrected chi connectivity index (χ3v) is 3.83. The molecule has 1 aromatic rings. The van der Waals surface area contributed by atoms with E-state index in [-0.39, 0.29) is 23.4 Å². The maximum Gasteiger partial charge on any atom is 0.329 e. The molecule has 0 bridgehead atoms. The van der Waals surface area contributed by atoms with E-state index in [0.29, 0.717) is 6.61 Å². The van der Waals surface area contributed by atoms with Crippen LogP contribution in [0, 0.1) is 0 Å². The van der Waals surface area contributed by atoms with Gasteiger partial charge in [-0.25, -0.2) is 4.79 Å². The normalized spacial score (nSPS) is 17.2. The minimum atomic E-state index is -0.639. The molecule has 5 nitrogen and oxygen atoms in total. The zero-order valence-corrected chi connectivity index (χ0v) is 12.7. The summed E-state index contributed by atoms with van der Waals surface area (Å²) in [6.07, 6.45) is 6.85. The first-order valence-electron chi connectivity index (χ1n) is 7.68. The Hall–Kier alpha value is -1.78. The molecule has 0 spiro atoms. The van der Waals surface area contributed by atoms with Crippen LogP contribution in [0.4, 0.5) is 0 Å². The molecule has 2 rings (SSSR count). The van der Waals surface area contributed by atoms with Crippen LogP contribution >= 0.6 is 0 Å². The molecular formula is C16H23NO4. The molecule has 1 heterocycles. The predicted octanol–water partition coefficient (Wildman–Crippen LogP) is 2.68. The summed E-state index contributed by atoms with van der Waals surface area (Å²) in [6.45, 7) is 3.92. The van der Waals surface area contributed by atoms with Crippen molar-refractivity contribution < 1.29 is 14.3 Å². The van der Waals surface area contributed by atoms with Crippen LogP contribution in [0.2, 0.25) is 0 Å². The molecular weight excluding hydrogens is 270 g/mol.